The molecule has 0 aliphatic carbocycles. The van der Waals surface area contributed by atoms with E-state index in [4.69, 9.17) is 0 Å². The van der Waals surface area contributed by atoms with Crippen LogP contribution in [0.3, 0.4) is 0 Å². The van der Waals surface area contributed by atoms with Crippen LogP contribution in [0.4, 0.5) is 0 Å². The van der Waals surface area contributed by atoms with Crippen molar-refractivity contribution in [1.82, 2.24) is 0 Å². The van der Waals surface area contributed by atoms with Gasteiger partial charge in [0.15, 0.2) is 69.4 Å². The summed E-state index contributed by atoms with van der Waals surface area (Å²) in [6, 6.07) is 0. The second kappa shape index (κ2) is 32.1. The van der Waals surface area contributed by atoms with Gasteiger partial charge in [0.1, 0.15) is 0 Å². The summed E-state index contributed by atoms with van der Waals surface area (Å²) in [5, 5.41) is 0. The van der Waals surface area contributed by atoms with Crippen molar-refractivity contribution in [3.05, 3.63) is 0 Å². The minimum atomic E-state index is 0. The highest BCUT2D eigenvalue weighted by Gasteiger charge is 1.68. The van der Waals surface area contributed by atoms with E-state index in [9.17, 15) is 0 Å². The molecule has 0 atom stereocenters. The van der Waals surface area contributed by atoms with Crippen LogP contribution in [0.1, 0.15) is 33.1 Å². The van der Waals surface area contributed by atoms with E-state index in [0.717, 1.165) is 0 Å². The quantitative estimate of drug-likeness (QED) is 0.423. The molecule has 0 rings (SSSR count). The van der Waals surface area contributed by atoms with E-state index in [1.54, 1.807) is 0 Å². The van der Waals surface area contributed by atoms with Gasteiger partial charge in [-0.2, -0.15) is 0 Å². The summed E-state index contributed by atoms with van der Waals surface area (Å²) in [7, 11) is 0. The van der Waals surface area contributed by atoms with Gasteiger partial charge in [0.2, 0.25) is 0 Å². The van der Waals surface area contributed by atoms with Crippen LogP contribution >= 0.6 is 0 Å². The monoisotopic (exact) mass is 192 g/mol. The SMILES string of the molecule is CCCCC.[AlH3].[AlH3].[AlH3].[AlH3]. The molecule has 0 aliphatic rings. The van der Waals surface area contributed by atoms with Crippen LogP contribution in [0.15, 0.2) is 0 Å². The van der Waals surface area contributed by atoms with Crippen molar-refractivity contribution in [2.24, 2.45) is 0 Å². The maximum Gasteiger partial charge on any atom is 0.187 e. The lowest BCUT2D eigenvalue weighted by molar-refractivity contribution is 0.772. The van der Waals surface area contributed by atoms with Crippen LogP contribution in [-0.2, 0) is 0 Å². The van der Waals surface area contributed by atoms with E-state index in [2.05, 4.69) is 13.8 Å². The molecule has 0 radical (unpaired) electrons. The summed E-state index contributed by atoms with van der Waals surface area (Å²) in [4.78, 5) is 0. The molecule has 9 heavy (non-hydrogen) atoms. The van der Waals surface area contributed by atoms with Crippen molar-refractivity contribution >= 4 is 69.4 Å². The summed E-state index contributed by atoms with van der Waals surface area (Å²) < 4.78 is 0. The molecule has 0 aromatic rings. The highest BCUT2D eigenvalue weighted by Crippen LogP contribution is 1.88. The highest BCUT2D eigenvalue weighted by atomic mass is 27.0. The summed E-state index contributed by atoms with van der Waals surface area (Å²) in [6.45, 7) is 4.42. The van der Waals surface area contributed by atoms with Crippen molar-refractivity contribution in [2.45, 2.75) is 33.1 Å². The molecule has 56 valence electrons. The Balaban J connectivity index is -0.0000000133. The molecule has 4 heteroatoms. The Bertz CT molecular complexity index is 16.4. The lowest BCUT2D eigenvalue weighted by atomic mass is 10.3. The first kappa shape index (κ1) is 30.4. The minimum Gasteiger partial charge on any atom is -0.0654 e. The van der Waals surface area contributed by atoms with Crippen LogP contribution in [0.2, 0.25) is 0 Å². The molecule has 0 unspecified atom stereocenters. The first-order chi connectivity index (χ1) is 2.41. The molecule has 0 bridgehead atoms. The van der Waals surface area contributed by atoms with Gasteiger partial charge in [-0.25, -0.2) is 0 Å². The van der Waals surface area contributed by atoms with Gasteiger partial charge in [-0.05, 0) is 0 Å². The number of hydrogen-bond donors (Lipinski definition) is 0. The Labute approximate surface area is 102 Å². The molecule has 0 amide bonds. The van der Waals surface area contributed by atoms with Crippen LogP contribution in [0, 0.1) is 0 Å². The highest BCUT2D eigenvalue weighted by molar-refractivity contribution is 5.76. The average molecular weight is 192 g/mol. The Hall–Kier alpha value is 2.13. The van der Waals surface area contributed by atoms with E-state index in [-0.39, 0.29) is 69.4 Å². The van der Waals surface area contributed by atoms with E-state index < -0.39 is 0 Å². The fourth-order valence-corrected chi connectivity index (χ4v) is 0.354. The minimum absolute atomic E-state index is 0. The molecule has 0 nitrogen and oxygen atoms in total. The van der Waals surface area contributed by atoms with Gasteiger partial charge in [0.25, 0.3) is 0 Å². The zero-order valence-corrected chi connectivity index (χ0v) is 4.12. The van der Waals surface area contributed by atoms with Crippen molar-refractivity contribution in [3.63, 3.8) is 0 Å². The first-order valence-corrected chi connectivity index (χ1v) is 2.41. The summed E-state index contributed by atoms with van der Waals surface area (Å²) in [5.41, 5.74) is 0. The molecule has 0 saturated carbocycles. The number of hydrogen-bond acceptors (Lipinski definition) is 0. The van der Waals surface area contributed by atoms with E-state index >= 15 is 0 Å². The smallest absolute Gasteiger partial charge is 0.0654 e. The molecule has 0 heterocycles. The van der Waals surface area contributed by atoms with Crippen LogP contribution in [-0.4, -0.2) is 69.4 Å². The van der Waals surface area contributed by atoms with Crippen molar-refractivity contribution in [3.8, 4) is 0 Å². The summed E-state index contributed by atoms with van der Waals surface area (Å²) in [6.07, 6.45) is 4.08. The maximum absolute atomic E-state index is 2.21. The van der Waals surface area contributed by atoms with Gasteiger partial charge >= 0.3 is 0 Å². The normalized spacial score (nSPS) is 4.67. The first-order valence-electron chi connectivity index (χ1n) is 2.41. The van der Waals surface area contributed by atoms with Gasteiger partial charge in [-0.3, -0.25) is 0 Å². The summed E-state index contributed by atoms with van der Waals surface area (Å²) in [5.74, 6) is 0. The largest absolute Gasteiger partial charge is 0.187 e. The summed E-state index contributed by atoms with van der Waals surface area (Å²) >= 11 is 0. The predicted octanol–water partition coefficient (Wildman–Crippen LogP) is -2.54. The lowest BCUT2D eigenvalue weighted by Gasteiger charge is -1.79. The molecular formula is C5H24Al4. The maximum atomic E-state index is 2.21. The average Bonchev–Trinajstić information content (AvgIpc) is 1.41. The van der Waals surface area contributed by atoms with Gasteiger partial charge in [-0.1, -0.05) is 33.1 Å². The standard InChI is InChI=1S/C5H12.4Al.12H/c1-3-5-4-2;;;;;;;;;;;;;;;;/h3-5H2,1-2H3;;;;;;;;;;;;;;;;. The Morgan fingerprint density at radius 3 is 0.889 bits per heavy atom. The Morgan fingerprint density at radius 1 is 0.667 bits per heavy atom. The second-order valence-corrected chi connectivity index (χ2v) is 1.35. The zero-order valence-electron chi connectivity index (χ0n) is 4.12. The topological polar surface area (TPSA) is 0 Å². The van der Waals surface area contributed by atoms with E-state index in [1.807, 2.05) is 0 Å². The molecular weight excluding hydrogens is 168 g/mol. The lowest BCUT2D eigenvalue weighted by Crippen LogP contribution is -1.59. The molecule has 0 aromatic carbocycles. The van der Waals surface area contributed by atoms with Gasteiger partial charge in [0, 0.05) is 0 Å². The van der Waals surface area contributed by atoms with Crippen LogP contribution in [0.25, 0.3) is 0 Å². The molecule has 0 fully saturated rings. The predicted molar refractivity (Wildman–Crippen MR) is 65.0 cm³/mol. The van der Waals surface area contributed by atoms with Crippen molar-refractivity contribution in [1.29, 1.82) is 0 Å². The van der Waals surface area contributed by atoms with Gasteiger partial charge < -0.3 is 0 Å². The van der Waals surface area contributed by atoms with Gasteiger partial charge in [0.05, 0.1) is 0 Å². The van der Waals surface area contributed by atoms with E-state index in [0.29, 0.717) is 0 Å². The fraction of sp³-hybridized carbons (Fsp3) is 1.00. The molecule has 0 saturated heterocycles. The van der Waals surface area contributed by atoms with Crippen LogP contribution in [0.5, 0.6) is 0 Å². The molecule has 0 aliphatic heterocycles. The van der Waals surface area contributed by atoms with Crippen molar-refractivity contribution < 1.29 is 0 Å². The number of rotatable bonds is 2. The Morgan fingerprint density at radius 2 is 0.889 bits per heavy atom. The molecule has 0 aromatic heterocycles. The third kappa shape index (κ3) is 39.3. The molecule has 0 N–H and O–H groups in total. The van der Waals surface area contributed by atoms with E-state index in [1.165, 1.54) is 19.3 Å². The second-order valence-electron chi connectivity index (χ2n) is 1.35. The third-order valence-corrected chi connectivity index (χ3v) is 0.707. The van der Waals surface area contributed by atoms with Crippen LogP contribution < -0.4 is 0 Å². The fourth-order valence-electron chi connectivity index (χ4n) is 0.354. The number of unbranched alkanes of at least 4 members (excludes halogenated alkanes) is 2. The molecule has 0 spiro atoms. The third-order valence-electron chi connectivity index (χ3n) is 0.707. The zero-order chi connectivity index (χ0) is 4.12. The Kier molecular flexibility index (Phi) is 108. The van der Waals surface area contributed by atoms with Gasteiger partial charge in [-0.15, -0.1) is 0 Å². The van der Waals surface area contributed by atoms with Crippen molar-refractivity contribution in [2.75, 3.05) is 0 Å².